The van der Waals surface area contributed by atoms with Gasteiger partial charge < -0.3 is 5.73 Å². The van der Waals surface area contributed by atoms with Crippen molar-refractivity contribution < 1.29 is 8.42 Å². The lowest BCUT2D eigenvalue weighted by atomic mass is 10.2. The summed E-state index contributed by atoms with van der Waals surface area (Å²) in [5.74, 6) is 0. The lowest BCUT2D eigenvalue weighted by Gasteiger charge is -2.12. The highest BCUT2D eigenvalue weighted by molar-refractivity contribution is 7.94. The molecule has 9 heteroatoms. The van der Waals surface area contributed by atoms with Crippen LogP contribution in [0.25, 0.3) is 0 Å². The predicted octanol–water partition coefficient (Wildman–Crippen LogP) is 3.45. The number of benzene rings is 1. The molecule has 2 rings (SSSR count). The number of aromatic nitrogens is 1. The first-order valence-corrected chi connectivity index (χ1v) is 8.48. The van der Waals surface area contributed by atoms with Gasteiger partial charge in [-0.05, 0) is 25.5 Å². The second kappa shape index (κ2) is 5.40. The highest BCUT2D eigenvalue weighted by Gasteiger charge is 2.23. The molecule has 0 spiro atoms. The van der Waals surface area contributed by atoms with Gasteiger partial charge in [-0.1, -0.05) is 40.6 Å². The summed E-state index contributed by atoms with van der Waals surface area (Å²) in [5.41, 5.74) is 6.72. The Morgan fingerprint density at radius 3 is 2.50 bits per heavy atom. The number of nitrogens with two attached hydrogens (primary N) is 1. The third kappa shape index (κ3) is 2.85. The van der Waals surface area contributed by atoms with Crippen molar-refractivity contribution in [2.24, 2.45) is 0 Å². The van der Waals surface area contributed by atoms with Crippen LogP contribution in [0.2, 0.25) is 10.0 Å². The van der Waals surface area contributed by atoms with Gasteiger partial charge in [-0.3, -0.25) is 4.72 Å². The van der Waals surface area contributed by atoms with Crippen molar-refractivity contribution in [1.82, 2.24) is 4.98 Å². The minimum Gasteiger partial charge on any atom is -0.375 e. The second-order valence-electron chi connectivity index (χ2n) is 4.08. The van der Waals surface area contributed by atoms with Crippen LogP contribution in [0.15, 0.2) is 16.3 Å². The minimum atomic E-state index is -3.83. The van der Waals surface area contributed by atoms with Crippen molar-refractivity contribution in [2.75, 3.05) is 10.5 Å². The van der Waals surface area contributed by atoms with E-state index in [1.165, 1.54) is 0 Å². The van der Waals surface area contributed by atoms with Gasteiger partial charge in [0.2, 0.25) is 0 Å². The molecule has 0 amide bonds. The first-order chi connectivity index (χ1) is 9.22. The van der Waals surface area contributed by atoms with E-state index in [1.807, 2.05) is 0 Å². The Labute approximate surface area is 130 Å². The summed E-state index contributed by atoms with van der Waals surface area (Å²) in [6.07, 6.45) is 0. The lowest BCUT2D eigenvalue weighted by molar-refractivity contribution is 0.602. The third-order valence-corrected chi connectivity index (χ3v) is 6.28. The van der Waals surface area contributed by atoms with Gasteiger partial charge in [-0.2, -0.15) is 0 Å². The van der Waals surface area contributed by atoms with E-state index >= 15 is 0 Å². The molecule has 108 valence electrons. The lowest BCUT2D eigenvalue weighted by Crippen LogP contribution is -2.13. The van der Waals surface area contributed by atoms with Crippen LogP contribution in [0.1, 0.15) is 11.3 Å². The first-order valence-electron chi connectivity index (χ1n) is 5.42. The fourth-order valence-electron chi connectivity index (χ4n) is 1.58. The van der Waals surface area contributed by atoms with Crippen molar-refractivity contribution in [2.45, 2.75) is 18.1 Å². The number of anilines is 2. The molecule has 3 N–H and O–H groups in total. The molecule has 0 bridgehead atoms. The van der Waals surface area contributed by atoms with E-state index in [1.54, 1.807) is 26.0 Å². The SMILES string of the molecule is Cc1ccc(Cl)c(NS(=O)(=O)c2sc(N)nc2C)c1Cl. The van der Waals surface area contributed by atoms with E-state index in [2.05, 4.69) is 9.71 Å². The van der Waals surface area contributed by atoms with Crippen LogP contribution < -0.4 is 10.5 Å². The second-order valence-corrected chi connectivity index (χ2v) is 7.78. The number of hydrogen-bond donors (Lipinski definition) is 2. The van der Waals surface area contributed by atoms with Crippen LogP contribution in [0.3, 0.4) is 0 Å². The molecule has 1 aromatic heterocycles. The molecule has 0 aliphatic rings. The molecule has 0 saturated heterocycles. The summed E-state index contributed by atoms with van der Waals surface area (Å²) in [6.45, 7) is 3.33. The number of halogens is 2. The summed E-state index contributed by atoms with van der Waals surface area (Å²) < 4.78 is 27.1. The quantitative estimate of drug-likeness (QED) is 0.886. The topological polar surface area (TPSA) is 85.1 Å². The summed E-state index contributed by atoms with van der Waals surface area (Å²) >= 11 is 13.0. The van der Waals surface area contributed by atoms with E-state index < -0.39 is 10.0 Å². The standard InChI is InChI=1S/C11H11Cl2N3O2S2/c1-5-3-4-7(12)9(8(5)13)16-20(17,18)10-6(2)15-11(14)19-10/h3-4,16H,1-2H3,(H2,14,15). The predicted molar refractivity (Wildman–Crippen MR) is 83.3 cm³/mol. The van der Waals surface area contributed by atoms with Crippen molar-refractivity contribution in [1.29, 1.82) is 0 Å². The molecule has 20 heavy (non-hydrogen) atoms. The number of hydrogen-bond acceptors (Lipinski definition) is 5. The Balaban J connectivity index is 2.49. The minimum absolute atomic E-state index is 0.0450. The molecular formula is C11H11Cl2N3O2S2. The van der Waals surface area contributed by atoms with Crippen LogP contribution in [-0.4, -0.2) is 13.4 Å². The van der Waals surface area contributed by atoms with Crippen LogP contribution in [0, 0.1) is 13.8 Å². The monoisotopic (exact) mass is 351 g/mol. The molecule has 0 aliphatic carbocycles. The van der Waals surface area contributed by atoms with E-state index in [4.69, 9.17) is 28.9 Å². The van der Waals surface area contributed by atoms with E-state index in [9.17, 15) is 8.42 Å². The molecule has 0 fully saturated rings. The smallest absolute Gasteiger partial charge is 0.273 e. The van der Waals surface area contributed by atoms with Crippen LogP contribution in [-0.2, 0) is 10.0 Å². The molecule has 0 atom stereocenters. The highest BCUT2D eigenvalue weighted by atomic mass is 35.5. The van der Waals surface area contributed by atoms with Crippen molar-refractivity contribution in [3.63, 3.8) is 0 Å². The molecule has 1 aromatic carbocycles. The largest absolute Gasteiger partial charge is 0.375 e. The summed E-state index contributed by atoms with van der Waals surface area (Å²) in [5, 5.41) is 0.667. The van der Waals surface area contributed by atoms with Gasteiger partial charge in [0.1, 0.15) is 0 Å². The van der Waals surface area contributed by atoms with Gasteiger partial charge >= 0.3 is 0 Å². The molecular weight excluding hydrogens is 341 g/mol. The number of rotatable bonds is 3. The van der Waals surface area contributed by atoms with Crippen LogP contribution >= 0.6 is 34.5 Å². The van der Waals surface area contributed by atoms with Crippen LogP contribution in [0.4, 0.5) is 10.8 Å². The van der Waals surface area contributed by atoms with Gasteiger partial charge in [-0.25, -0.2) is 13.4 Å². The average molecular weight is 352 g/mol. The summed E-state index contributed by atoms with van der Waals surface area (Å²) in [7, 11) is -3.83. The zero-order valence-corrected chi connectivity index (χ0v) is 13.7. The number of nitrogens with zero attached hydrogens (tertiary/aromatic N) is 1. The van der Waals surface area contributed by atoms with Crippen LogP contribution in [0.5, 0.6) is 0 Å². The Bertz CT molecular complexity index is 772. The van der Waals surface area contributed by atoms with Crippen molar-refractivity contribution in [3.05, 3.63) is 33.4 Å². The maximum atomic E-state index is 12.3. The number of nitrogen functional groups attached to an aromatic ring is 1. The molecule has 5 nitrogen and oxygen atoms in total. The zero-order valence-electron chi connectivity index (χ0n) is 10.6. The van der Waals surface area contributed by atoms with E-state index in [0.717, 1.165) is 11.3 Å². The fourth-order valence-corrected chi connectivity index (χ4v) is 4.55. The number of nitrogens with one attached hydrogen (secondary N) is 1. The Hall–Kier alpha value is -1.02. The molecule has 2 aromatic rings. The number of aryl methyl sites for hydroxylation is 2. The number of sulfonamides is 1. The van der Waals surface area contributed by atoms with Gasteiger partial charge in [0.05, 0.1) is 21.4 Å². The molecule has 0 aliphatic heterocycles. The summed E-state index contributed by atoms with van der Waals surface area (Å²) in [6, 6.07) is 3.28. The normalized spacial score (nSPS) is 11.6. The van der Waals surface area contributed by atoms with Gasteiger partial charge in [0.15, 0.2) is 9.34 Å². The maximum Gasteiger partial charge on any atom is 0.273 e. The Kier molecular flexibility index (Phi) is 4.15. The summed E-state index contributed by atoms with van der Waals surface area (Å²) in [4.78, 5) is 3.89. The molecule has 0 unspecified atom stereocenters. The maximum absolute atomic E-state index is 12.3. The first kappa shape index (κ1) is 15.4. The molecule has 0 radical (unpaired) electrons. The Morgan fingerprint density at radius 2 is 1.95 bits per heavy atom. The van der Waals surface area contributed by atoms with Gasteiger partial charge in [0, 0.05) is 0 Å². The Morgan fingerprint density at radius 1 is 1.30 bits per heavy atom. The molecule has 0 saturated carbocycles. The number of thiazole rings is 1. The van der Waals surface area contributed by atoms with E-state index in [0.29, 0.717) is 11.3 Å². The van der Waals surface area contributed by atoms with Crippen molar-refractivity contribution >= 4 is 55.4 Å². The fraction of sp³-hybridized carbons (Fsp3) is 0.182. The van der Waals surface area contributed by atoms with Gasteiger partial charge in [-0.15, -0.1) is 0 Å². The molecule has 1 heterocycles. The van der Waals surface area contributed by atoms with E-state index in [-0.39, 0.29) is 25.1 Å². The van der Waals surface area contributed by atoms with Crippen molar-refractivity contribution in [3.8, 4) is 0 Å². The third-order valence-electron chi connectivity index (χ3n) is 2.54. The van der Waals surface area contributed by atoms with Gasteiger partial charge in [0.25, 0.3) is 10.0 Å². The average Bonchev–Trinajstić information content (AvgIpc) is 2.70. The highest BCUT2D eigenvalue weighted by Crippen LogP contribution is 2.35. The zero-order chi connectivity index (χ0) is 15.1.